The van der Waals surface area contributed by atoms with Crippen molar-refractivity contribution in [2.24, 2.45) is 5.92 Å². The minimum Gasteiger partial charge on any atom is -0.481 e. The predicted molar refractivity (Wildman–Crippen MR) is 63.7 cm³/mol. The van der Waals surface area contributed by atoms with E-state index in [2.05, 4.69) is 0 Å². The fourth-order valence-corrected chi connectivity index (χ4v) is 3.88. The third-order valence-corrected chi connectivity index (χ3v) is 4.77. The van der Waals surface area contributed by atoms with Crippen LogP contribution < -0.4 is 0 Å². The molecule has 1 aromatic rings. The number of hydrogen-bond donors (Lipinski definition) is 1. The number of sulfone groups is 1. The van der Waals surface area contributed by atoms with E-state index in [4.69, 9.17) is 5.11 Å². The Morgan fingerprint density at radius 3 is 2.12 bits per heavy atom. The Labute approximate surface area is 100 Å². The van der Waals surface area contributed by atoms with Crippen LogP contribution in [-0.2, 0) is 14.6 Å². The second-order valence-electron chi connectivity index (χ2n) is 4.59. The molecule has 0 unspecified atom stereocenters. The maximum absolute atomic E-state index is 11.5. The Bertz CT molecular complexity index is 544. The van der Waals surface area contributed by atoms with Crippen molar-refractivity contribution in [3.05, 3.63) is 35.4 Å². The van der Waals surface area contributed by atoms with Crippen LogP contribution >= 0.6 is 0 Å². The number of aryl methyl sites for hydroxylation is 1. The van der Waals surface area contributed by atoms with Gasteiger partial charge in [0.05, 0.1) is 11.2 Å². The van der Waals surface area contributed by atoms with Crippen molar-refractivity contribution in [1.82, 2.24) is 0 Å². The number of rotatable bonds is 3. The lowest BCUT2D eigenvalue weighted by Gasteiger charge is -1.99. The molecule has 2 rings (SSSR count). The number of hydrogen-bond acceptors (Lipinski definition) is 3. The highest BCUT2D eigenvalue weighted by Crippen LogP contribution is 2.52. The van der Waals surface area contributed by atoms with Crippen LogP contribution in [0.5, 0.6) is 0 Å². The maximum atomic E-state index is 11.5. The Balaban J connectivity index is 2.34. The van der Waals surface area contributed by atoms with Gasteiger partial charge >= 0.3 is 5.97 Å². The molecule has 5 heteroatoms. The summed E-state index contributed by atoms with van der Waals surface area (Å²) in [5.41, 5.74) is 1.86. The van der Waals surface area contributed by atoms with Gasteiger partial charge in [-0.05, 0) is 12.5 Å². The van der Waals surface area contributed by atoms with Crippen molar-refractivity contribution in [1.29, 1.82) is 0 Å². The second kappa shape index (κ2) is 3.84. The molecule has 0 aromatic heterocycles. The summed E-state index contributed by atoms with van der Waals surface area (Å²) in [7, 11) is -3.31. The summed E-state index contributed by atoms with van der Waals surface area (Å²) in [6.07, 6.45) is 1.10. The highest BCUT2D eigenvalue weighted by Gasteiger charge is 2.61. The van der Waals surface area contributed by atoms with E-state index in [1.165, 1.54) is 0 Å². The number of carbonyl (C=O) groups is 1. The van der Waals surface area contributed by atoms with Crippen molar-refractivity contribution < 1.29 is 18.3 Å². The van der Waals surface area contributed by atoms with Crippen LogP contribution in [0.15, 0.2) is 24.3 Å². The van der Waals surface area contributed by atoms with Gasteiger partial charge in [-0.3, -0.25) is 4.79 Å². The molecular weight excluding hydrogens is 240 g/mol. The van der Waals surface area contributed by atoms with Gasteiger partial charge < -0.3 is 5.11 Å². The Morgan fingerprint density at radius 1 is 1.24 bits per heavy atom. The zero-order valence-electron chi connectivity index (χ0n) is 9.62. The average Bonchev–Trinajstić information content (AvgIpc) is 2.93. The Morgan fingerprint density at radius 2 is 1.76 bits per heavy atom. The molecule has 0 bridgehead atoms. The summed E-state index contributed by atoms with van der Waals surface area (Å²) in [5, 5.41) is 8.23. The molecule has 1 N–H and O–H groups in total. The number of benzene rings is 1. The van der Waals surface area contributed by atoms with Crippen LogP contribution in [0.3, 0.4) is 0 Å². The highest BCUT2D eigenvalue weighted by atomic mass is 32.2. The lowest BCUT2D eigenvalue weighted by atomic mass is 10.1. The van der Waals surface area contributed by atoms with E-state index < -0.39 is 32.9 Å². The molecule has 92 valence electrons. The first-order valence-electron chi connectivity index (χ1n) is 5.30. The van der Waals surface area contributed by atoms with E-state index >= 15 is 0 Å². The zero-order chi connectivity index (χ0) is 12.8. The number of aliphatic carboxylic acids is 1. The Kier molecular flexibility index (Phi) is 2.73. The smallest absolute Gasteiger partial charge is 0.308 e. The first-order chi connectivity index (χ1) is 7.82. The summed E-state index contributed by atoms with van der Waals surface area (Å²) in [4.78, 5) is 11.0. The quantitative estimate of drug-likeness (QED) is 0.880. The summed E-state index contributed by atoms with van der Waals surface area (Å²) in [5.74, 6) is -2.23. The van der Waals surface area contributed by atoms with Crippen molar-refractivity contribution in [2.75, 3.05) is 6.26 Å². The molecule has 1 aliphatic carbocycles. The van der Waals surface area contributed by atoms with Crippen molar-refractivity contribution in [2.45, 2.75) is 18.1 Å². The SMILES string of the molecule is Cc1ccc([C@@H]2[C@H](C(=O)O)[C@@H]2S(C)(=O)=O)cc1. The van der Waals surface area contributed by atoms with Gasteiger partial charge in [0.1, 0.15) is 0 Å². The van der Waals surface area contributed by atoms with E-state index in [1.54, 1.807) is 12.1 Å². The molecule has 0 aliphatic heterocycles. The summed E-state index contributed by atoms with van der Waals surface area (Å²) >= 11 is 0. The van der Waals surface area contributed by atoms with Crippen LogP contribution in [0.1, 0.15) is 17.0 Å². The molecule has 0 heterocycles. The van der Waals surface area contributed by atoms with Gasteiger partial charge in [-0.15, -0.1) is 0 Å². The zero-order valence-corrected chi connectivity index (χ0v) is 10.4. The van der Waals surface area contributed by atoms with Gasteiger partial charge in [0, 0.05) is 12.2 Å². The first kappa shape index (κ1) is 12.1. The molecular formula is C12H14O4S. The maximum Gasteiger partial charge on any atom is 0.308 e. The molecule has 0 spiro atoms. The fourth-order valence-electron chi connectivity index (χ4n) is 2.30. The van der Waals surface area contributed by atoms with E-state index in [-0.39, 0.29) is 0 Å². The van der Waals surface area contributed by atoms with Crippen LogP contribution in [0.4, 0.5) is 0 Å². The van der Waals surface area contributed by atoms with Gasteiger partial charge in [-0.1, -0.05) is 29.8 Å². The minimum absolute atomic E-state index is 0.400. The van der Waals surface area contributed by atoms with Crippen molar-refractivity contribution in [3.63, 3.8) is 0 Å². The van der Waals surface area contributed by atoms with Crippen molar-refractivity contribution >= 4 is 15.8 Å². The van der Waals surface area contributed by atoms with Crippen LogP contribution in [0.25, 0.3) is 0 Å². The van der Waals surface area contributed by atoms with Gasteiger partial charge in [-0.2, -0.15) is 0 Å². The van der Waals surface area contributed by atoms with E-state index in [0.717, 1.165) is 17.4 Å². The minimum atomic E-state index is -3.31. The lowest BCUT2D eigenvalue weighted by molar-refractivity contribution is -0.138. The molecule has 0 saturated heterocycles. The van der Waals surface area contributed by atoms with Gasteiger partial charge in [0.2, 0.25) is 0 Å². The summed E-state index contributed by atoms with van der Waals surface area (Å²) < 4.78 is 23.0. The van der Waals surface area contributed by atoms with E-state index in [1.807, 2.05) is 19.1 Å². The summed E-state index contributed by atoms with van der Waals surface area (Å²) in [6, 6.07) is 7.35. The number of carboxylic acids is 1. The molecule has 3 atom stereocenters. The molecule has 1 aromatic carbocycles. The summed E-state index contributed by atoms with van der Waals surface area (Å²) in [6.45, 7) is 1.93. The standard InChI is InChI=1S/C12H14O4S/c1-7-3-5-8(6-4-7)9-10(12(13)14)11(9)17(2,15)16/h3-6,9-11H,1-2H3,(H,13,14)/t9-,10+,11-/m1/s1. The normalized spacial score (nSPS) is 27.8. The molecule has 17 heavy (non-hydrogen) atoms. The molecule has 1 saturated carbocycles. The highest BCUT2D eigenvalue weighted by molar-refractivity contribution is 7.91. The third kappa shape index (κ3) is 2.20. The second-order valence-corrected chi connectivity index (χ2v) is 6.80. The van der Waals surface area contributed by atoms with Crippen LogP contribution in [-0.4, -0.2) is 31.0 Å². The lowest BCUT2D eigenvalue weighted by Crippen LogP contribution is -2.10. The molecule has 0 amide bonds. The molecule has 1 aliphatic rings. The van der Waals surface area contributed by atoms with Crippen LogP contribution in [0, 0.1) is 12.8 Å². The number of carboxylic acid groups (broad SMARTS) is 1. The Hall–Kier alpha value is -1.36. The molecule has 4 nitrogen and oxygen atoms in total. The molecule has 1 fully saturated rings. The monoisotopic (exact) mass is 254 g/mol. The predicted octanol–water partition coefficient (Wildman–Crippen LogP) is 1.21. The first-order valence-corrected chi connectivity index (χ1v) is 7.26. The average molecular weight is 254 g/mol. The topological polar surface area (TPSA) is 71.4 Å². The van der Waals surface area contributed by atoms with E-state index in [0.29, 0.717) is 0 Å². The van der Waals surface area contributed by atoms with E-state index in [9.17, 15) is 13.2 Å². The van der Waals surface area contributed by atoms with Crippen molar-refractivity contribution in [3.8, 4) is 0 Å². The van der Waals surface area contributed by atoms with Gasteiger partial charge in [0.25, 0.3) is 0 Å². The van der Waals surface area contributed by atoms with Crippen LogP contribution in [0.2, 0.25) is 0 Å². The van der Waals surface area contributed by atoms with Gasteiger partial charge in [0.15, 0.2) is 9.84 Å². The third-order valence-electron chi connectivity index (χ3n) is 3.20. The largest absolute Gasteiger partial charge is 0.481 e. The van der Waals surface area contributed by atoms with Gasteiger partial charge in [-0.25, -0.2) is 8.42 Å². The fraction of sp³-hybridized carbons (Fsp3) is 0.417. The molecule has 0 radical (unpaired) electrons.